The summed E-state index contributed by atoms with van der Waals surface area (Å²) in [5.41, 5.74) is -0.645. The van der Waals surface area contributed by atoms with Crippen LogP contribution in [0.5, 0.6) is 0 Å². The molecule has 1 nitrogen and oxygen atoms in total. The molecule has 0 aromatic carbocycles. The van der Waals surface area contributed by atoms with Crippen molar-refractivity contribution in [3.05, 3.63) is 0 Å². The zero-order valence-electron chi connectivity index (χ0n) is 6.57. The lowest BCUT2D eigenvalue weighted by Gasteiger charge is -2.39. The Morgan fingerprint density at radius 2 is 2.09 bits per heavy atom. The largest absolute Gasteiger partial charge is 0.296 e. The molecule has 0 radical (unpaired) electrons. The standard InChI is InChI=1S/C8H12F2O/c1-2-8(4-3-5-8)6(11)7(9)10/h7H,2-5H2,1H3. The normalized spacial score (nSPS) is 21.5. The quantitative estimate of drug-likeness (QED) is 0.622. The lowest BCUT2D eigenvalue weighted by Crippen LogP contribution is -2.40. The highest BCUT2D eigenvalue weighted by molar-refractivity contribution is 5.88. The summed E-state index contributed by atoms with van der Waals surface area (Å²) in [6.45, 7) is 1.80. The van der Waals surface area contributed by atoms with E-state index in [1.165, 1.54) is 0 Å². The highest BCUT2D eigenvalue weighted by Crippen LogP contribution is 2.45. The van der Waals surface area contributed by atoms with Gasteiger partial charge in [-0.1, -0.05) is 13.3 Å². The molecule has 0 atom stereocenters. The van der Waals surface area contributed by atoms with Gasteiger partial charge in [-0.05, 0) is 19.3 Å². The van der Waals surface area contributed by atoms with E-state index in [9.17, 15) is 13.6 Å². The van der Waals surface area contributed by atoms with Crippen molar-refractivity contribution in [2.75, 3.05) is 0 Å². The van der Waals surface area contributed by atoms with Crippen LogP contribution in [0.15, 0.2) is 0 Å². The highest BCUT2D eigenvalue weighted by atomic mass is 19.3. The van der Waals surface area contributed by atoms with Crippen LogP contribution >= 0.6 is 0 Å². The highest BCUT2D eigenvalue weighted by Gasteiger charge is 2.45. The predicted molar refractivity (Wildman–Crippen MR) is 37.6 cm³/mol. The minimum Gasteiger partial charge on any atom is -0.293 e. The van der Waals surface area contributed by atoms with E-state index in [-0.39, 0.29) is 0 Å². The van der Waals surface area contributed by atoms with Gasteiger partial charge in [-0.3, -0.25) is 4.79 Å². The molecule has 1 fully saturated rings. The number of hydrogen-bond acceptors (Lipinski definition) is 1. The second kappa shape index (κ2) is 2.88. The van der Waals surface area contributed by atoms with Gasteiger partial charge in [0.15, 0.2) is 0 Å². The Hall–Kier alpha value is -0.470. The molecule has 0 amide bonds. The van der Waals surface area contributed by atoms with Crippen LogP contribution in [0.2, 0.25) is 0 Å². The molecule has 0 heterocycles. The van der Waals surface area contributed by atoms with Gasteiger partial charge in [-0.15, -0.1) is 0 Å². The van der Waals surface area contributed by atoms with Crippen LogP contribution in [0.3, 0.4) is 0 Å². The Labute approximate surface area is 64.8 Å². The molecular weight excluding hydrogens is 150 g/mol. The van der Waals surface area contributed by atoms with Crippen molar-refractivity contribution in [3.63, 3.8) is 0 Å². The van der Waals surface area contributed by atoms with Gasteiger partial charge in [-0.25, -0.2) is 8.78 Å². The topological polar surface area (TPSA) is 17.1 Å². The van der Waals surface area contributed by atoms with Gasteiger partial charge in [0, 0.05) is 5.41 Å². The molecule has 1 aliphatic carbocycles. The summed E-state index contributed by atoms with van der Waals surface area (Å²) < 4.78 is 24.0. The van der Waals surface area contributed by atoms with E-state index in [4.69, 9.17) is 0 Å². The average Bonchev–Trinajstić information content (AvgIpc) is 1.86. The van der Waals surface area contributed by atoms with Crippen molar-refractivity contribution >= 4 is 5.78 Å². The van der Waals surface area contributed by atoms with Gasteiger partial charge < -0.3 is 0 Å². The van der Waals surface area contributed by atoms with Crippen molar-refractivity contribution in [1.82, 2.24) is 0 Å². The second-order valence-corrected chi connectivity index (χ2v) is 3.15. The summed E-state index contributed by atoms with van der Waals surface area (Å²) in [6, 6.07) is 0. The van der Waals surface area contributed by atoms with Gasteiger partial charge in [0.2, 0.25) is 5.78 Å². The number of carbonyl (C=O) groups is 1. The van der Waals surface area contributed by atoms with E-state index >= 15 is 0 Å². The average molecular weight is 162 g/mol. The smallest absolute Gasteiger partial charge is 0.293 e. The SMILES string of the molecule is CCC1(C(=O)C(F)F)CCC1. The second-order valence-electron chi connectivity index (χ2n) is 3.15. The van der Waals surface area contributed by atoms with E-state index in [2.05, 4.69) is 0 Å². The van der Waals surface area contributed by atoms with Crippen LogP contribution in [0.4, 0.5) is 8.78 Å². The maximum absolute atomic E-state index is 12.0. The predicted octanol–water partition coefficient (Wildman–Crippen LogP) is 2.40. The van der Waals surface area contributed by atoms with Gasteiger partial charge in [0.1, 0.15) is 0 Å². The molecule has 1 rings (SSSR count). The summed E-state index contributed by atoms with van der Waals surface area (Å²) in [7, 11) is 0. The van der Waals surface area contributed by atoms with Crippen molar-refractivity contribution in [3.8, 4) is 0 Å². The maximum atomic E-state index is 12.0. The molecule has 0 aliphatic heterocycles. The molecule has 64 valence electrons. The van der Waals surface area contributed by atoms with Gasteiger partial charge in [-0.2, -0.15) is 0 Å². The lowest BCUT2D eigenvalue weighted by molar-refractivity contribution is -0.145. The Balaban J connectivity index is 2.62. The number of Topliss-reactive ketones (excluding diaryl/α,β-unsaturated/α-hetero) is 1. The van der Waals surface area contributed by atoms with Crippen LogP contribution in [0, 0.1) is 5.41 Å². The fourth-order valence-corrected chi connectivity index (χ4v) is 1.61. The van der Waals surface area contributed by atoms with Gasteiger partial charge in [0.05, 0.1) is 0 Å². The van der Waals surface area contributed by atoms with Gasteiger partial charge >= 0.3 is 0 Å². The third kappa shape index (κ3) is 1.28. The third-order valence-electron chi connectivity index (χ3n) is 2.71. The number of halogens is 2. The van der Waals surface area contributed by atoms with Crippen LogP contribution in [-0.4, -0.2) is 12.2 Å². The first-order valence-corrected chi connectivity index (χ1v) is 3.95. The first-order valence-electron chi connectivity index (χ1n) is 3.95. The third-order valence-corrected chi connectivity index (χ3v) is 2.71. The van der Waals surface area contributed by atoms with Crippen LogP contribution in [-0.2, 0) is 4.79 Å². The Kier molecular flexibility index (Phi) is 2.25. The number of alkyl halides is 2. The van der Waals surface area contributed by atoms with Gasteiger partial charge in [0.25, 0.3) is 6.43 Å². The molecule has 3 heteroatoms. The van der Waals surface area contributed by atoms with Crippen molar-refractivity contribution in [2.45, 2.75) is 39.0 Å². The summed E-state index contributed by atoms with van der Waals surface area (Å²) in [5, 5.41) is 0. The number of rotatable bonds is 3. The molecule has 11 heavy (non-hydrogen) atoms. The fourth-order valence-electron chi connectivity index (χ4n) is 1.61. The molecule has 0 saturated heterocycles. The number of carbonyl (C=O) groups excluding carboxylic acids is 1. The zero-order chi connectivity index (χ0) is 8.48. The van der Waals surface area contributed by atoms with Crippen LogP contribution in [0.25, 0.3) is 0 Å². The van der Waals surface area contributed by atoms with Crippen molar-refractivity contribution in [1.29, 1.82) is 0 Å². The van der Waals surface area contributed by atoms with Crippen molar-refractivity contribution < 1.29 is 13.6 Å². The molecule has 0 spiro atoms. The Morgan fingerprint density at radius 1 is 1.55 bits per heavy atom. The molecule has 1 saturated carbocycles. The van der Waals surface area contributed by atoms with E-state index in [1.807, 2.05) is 0 Å². The summed E-state index contributed by atoms with van der Waals surface area (Å²) >= 11 is 0. The minimum atomic E-state index is -2.77. The van der Waals surface area contributed by atoms with Crippen LogP contribution in [0.1, 0.15) is 32.6 Å². The first kappa shape index (κ1) is 8.62. The monoisotopic (exact) mass is 162 g/mol. The Morgan fingerprint density at radius 3 is 2.18 bits per heavy atom. The molecular formula is C8H12F2O. The summed E-state index contributed by atoms with van der Waals surface area (Å²) in [4.78, 5) is 10.9. The lowest BCUT2D eigenvalue weighted by atomic mass is 9.64. The Bertz CT molecular complexity index is 156. The number of ketones is 1. The summed E-state index contributed by atoms with van der Waals surface area (Å²) in [6.07, 6.45) is 0.0391. The van der Waals surface area contributed by atoms with Crippen molar-refractivity contribution in [2.24, 2.45) is 5.41 Å². The van der Waals surface area contributed by atoms with Crippen LogP contribution < -0.4 is 0 Å². The number of hydrogen-bond donors (Lipinski definition) is 0. The molecule has 1 aliphatic rings. The molecule has 0 aromatic rings. The molecule has 0 aromatic heterocycles. The first-order chi connectivity index (χ1) is 5.12. The van der Waals surface area contributed by atoms with E-state index < -0.39 is 17.6 Å². The molecule has 0 bridgehead atoms. The minimum absolute atomic E-state index is 0.566. The van der Waals surface area contributed by atoms with E-state index in [1.54, 1.807) is 6.92 Å². The molecule has 0 N–H and O–H groups in total. The summed E-state index contributed by atoms with van der Waals surface area (Å²) in [5.74, 6) is -0.841. The molecule has 0 unspecified atom stereocenters. The zero-order valence-corrected chi connectivity index (χ0v) is 6.57. The van der Waals surface area contributed by atoms with E-state index in [0.717, 1.165) is 6.42 Å². The maximum Gasteiger partial charge on any atom is 0.296 e. The fraction of sp³-hybridized carbons (Fsp3) is 0.875. The van der Waals surface area contributed by atoms with E-state index in [0.29, 0.717) is 19.3 Å².